The summed E-state index contributed by atoms with van der Waals surface area (Å²) in [5.74, 6) is 0. The zero-order chi connectivity index (χ0) is 7.53. The third kappa shape index (κ3) is 0.815. The number of fused-ring (bicyclic) bond motifs is 1. The number of rotatable bonds is 0. The van der Waals surface area contributed by atoms with Crippen molar-refractivity contribution in [2.75, 3.05) is 13.1 Å². The highest BCUT2D eigenvalue weighted by molar-refractivity contribution is 6.24. The molecule has 0 amide bonds. The molecule has 2 saturated heterocycles. The summed E-state index contributed by atoms with van der Waals surface area (Å²) in [6, 6.07) is 0. The van der Waals surface area contributed by atoms with Gasteiger partial charge in [0, 0.05) is 6.54 Å². The number of hydrogen-bond donors (Lipinski definition) is 0. The van der Waals surface area contributed by atoms with Crippen molar-refractivity contribution in [2.45, 2.75) is 37.1 Å². The Labute approximate surface area is 72.7 Å². The second-order valence-electron chi connectivity index (χ2n) is 4.62. The molecular weight excluding hydrogens is 158 g/mol. The highest BCUT2D eigenvalue weighted by Gasteiger charge is 2.59. The minimum absolute atomic E-state index is 0.108. The number of halogens is 1. The first kappa shape index (κ1) is 6.73. The van der Waals surface area contributed by atoms with E-state index in [1.54, 1.807) is 0 Å². The molecule has 1 spiro atoms. The molecule has 1 nitrogen and oxygen atoms in total. The summed E-state index contributed by atoms with van der Waals surface area (Å²) < 4.78 is 0. The molecule has 1 aliphatic carbocycles. The normalized spacial score (nSPS) is 46.6. The average Bonchev–Trinajstić information content (AvgIpc) is 2.47. The Morgan fingerprint density at radius 3 is 2.64 bits per heavy atom. The van der Waals surface area contributed by atoms with Crippen molar-refractivity contribution in [2.24, 2.45) is 5.41 Å². The van der Waals surface area contributed by atoms with Crippen molar-refractivity contribution in [3.05, 3.63) is 0 Å². The Balaban J connectivity index is 1.90. The fourth-order valence-electron chi connectivity index (χ4n) is 2.87. The summed E-state index contributed by atoms with van der Waals surface area (Å²) in [5, 5.41) is 0. The van der Waals surface area contributed by atoms with E-state index in [1.165, 1.54) is 45.2 Å². The quantitative estimate of drug-likeness (QED) is 0.399. The van der Waals surface area contributed by atoms with Gasteiger partial charge >= 0.3 is 0 Å². The summed E-state index contributed by atoms with van der Waals surface area (Å²) in [5.41, 5.74) is 0.697. The Hall–Kier alpha value is 0.250. The molecule has 11 heavy (non-hydrogen) atoms. The zero-order valence-corrected chi connectivity index (χ0v) is 7.53. The number of alkyl halides is 1. The lowest BCUT2D eigenvalue weighted by Gasteiger charge is -2.23. The highest BCUT2D eigenvalue weighted by atomic mass is 35.5. The summed E-state index contributed by atoms with van der Waals surface area (Å²) >= 11 is 6.52. The largest absolute Gasteiger partial charge is 0.284 e. The van der Waals surface area contributed by atoms with Gasteiger partial charge in [-0.15, -0.1) is 11.6 Å². The number of hydrogen-bond acceptors (Lipinski definition) is 1. The van der Waals surface area contributed by atoms with Crippen LogP contribution in [0.5, 0.6) is 0 Å². The van der Waals surface area contributed by atoms with E-state index >= 15 is 0 Å². The van der Waals surface area contributed by atoms with Crippen LogP contribution in [-0.2, 0) is 0 Å². The Kier molecular flexibility index (Phi) is 1.08. The molecule has 3 fully saturated rings. The summed E-state index contributed by atoms with van der Waals surface area (Å²) in [6.07, 6.45) is 6.72. The van der Waals surface area contributed by atoms with Gasteiger partial charge in [-0.1, -0.05) is 0 Å². The molecule has 0 N–H and O–H groups in total. The summed E-state index contributed by atoms with van der Waals surface area (Å²) in [4.78, 5) is 2.62. The molecule has 1 saturated carbocycles. The van der Waals surface area contributed by atoms with E-state index in [0.717, 1.165) is 0 Å². The molecule has 1 unspecified atom stereocenters. The molecular formula is C9H14ClN. The van der Waals surface area contributed by atoms with Crippen LogP contribution < -0.4 is 0 Å². The SMILES string of the molecule is ClC12CCCN1CC1(CC1)C2. The predicted molar refractivity (Wildman–Crippen MR) is 45.7 cm³/mol. The first-order valence-electron chi connectivity index (χ1n) is 4.67. The molecule has 0 radical (unpaired) electrons. The van der Waals surface area contributed by atoms with Crippen LogP contribution in [0.15, 0.2) is 0 Å². The molecule has 1 atom stereocenters. The van der Waals surface area contributed by atoms with Crippen LogP contribution in [0.2, 0.25) is 0 Å². The summed E-state index contributed by atoms with van der Waals surface area (Å²) in [7, 11) is 0. The lowest BCUT2D eigenvalue weighted by atomic mass is 10.0. The molecule has 0 aromatic rings. The minimum atomic E-state index is 0.108. The van der Waals surface area contributed by atoms with Crippen molar-refractivity contribution in [1.82, 2.24) is 4.90 Å². The molecule has 3 rings (SSSR count). The Morgan fingerprint density at radius 2 is 2.00 bits per heavy atom. The van der Waals surface area contributed by atoms with Gasteiger partial charge < -0.3 is 0 Å². The predicted octanol–water partition coefficient (Wildman–Crippen LogP) is 2.20. The fourth-order valence-corrected chi connectivity index (χ4v) is 3.43. The van der Waals surface area contributed by atoms with Gasteiger partial charge in [-0.3, -0.25) is 4.90 Å². The van der Waals surface area contributed by atoms with Gasteiger partial charge in [0.2, 0.25) is 0 Å². The van der Waals surface area contributed by atoms with Gasteiger partial charge in [0.25, 0.3) is 0 Å². The van der Waals surface area contributed by atoms with Crippen LogP contribution in [0.3, 0.4) is 0 Å². The minimum Gasteiger partial charge on any atom is -0.284 e. The van der Waals surface area contributed by atoms with Crippen LogP contribution in [0.25, 0.3) is 0 Å². The van der Waals surface area contributed by atoms with E-state index in [-0.39, 0.29) is 5.00 Å². The summed E-state index contributed by atoms with van der Waals surface area (Å²) in [6.45, 7) is 2.56. The van der Waals surface area contributed by atoms with Crippen molar-refractivity contribution in [3.8, 4) is 0 Å². The maximum atomic E-state index is 6.52. The van der Waals surface area contributed by atoms with Crippen molar-refractivity contribution >= 4 is 11.6 Å². The van der Waals surface area contributed by atoms with Crippen LogP contribution in [0.4, 0.5) is 0 Å². The van der Waals surface area contributed by atoms with Gasteiger partial charge in [-0.2, -0.15) is 0 Å². The van der Waals surface area contributed by atoms with E-state index in [9.17, 15) is 0 Å². The van der Waals surface area contributed by atoms with E-state index in [0.29, 0.717) is 5.41 Å². The average molecular weight is 172 g/mol. The molecule has 0 bridgehead atoms. The van der Waals surface area contributed by atoms with Crippen molar-refractivity contribution < 1.29 is 0 Å². The smallest absolute Gasteiger partial charge is 0.0966 e. The molecule has 2 heteroatoms. The van der Waals surface area contributed by atoms with Gasteiger partial charge in [0.05, 0.1) is 5.00 Å². The Bertz CT molecular complexity index is 200. The van der Waals surface area contributed by atoms with Gasteiger partial charge in [0.1, 0.15) is 0 Å². The van der Waals surface area contributed by atoms with E-state index in [4.69, 9.17) is 11.6 Å². The first-order valence-corrected chi connectivity index (χ1v) is 5.04. The van der Waals surface area contributed by atoms with E-state index in [2.05, 4.69) is 4.90 Å². The zero-order valence-electron chi connectivity index (χ0n) is 6.77. The first-order chi connectivity index (χ1) is 5.23. The maximum absolute atomic E-state index is 6.52. The monoisotopic (exact) mass is 171 g/mol. The maximum Gasteiger partial charge on any atom is 0.0966 e. The number of nitrogens with zero attached hydrogens (tertiary/aromatic N) is 1. The third-order valence-electron chi connectivity index (χ3n) is 3.68. The lowest BCUT2D eigenvalue weighted by molar-refractivity contribution is 0.282. The Morgan fingerprint density at radius 1 is 1.18 bits per heavy atom. The third-order valence-corrected chi connectivity index (χ3v) is 4.25. The standard InChI is InChI=1S/C9H14ClN/c10-9-2-1-5-11(9)7-8(6-9)3-4-8/h1-7H2. The van der Waals surface area contributed by atoms with E-state index in [1.807, 2.05) is 0 Å². The second-order valence-corrected chi connectivity index (χ2v) is 5.32. The van der Waals surface area contributed by atoms with Crippen LogP contribution in [0, 0.1) is 5.41 Å². The topological polar surface area (TPSA) is 3.24 Å². The molecule has 0 aromatic heterocycles. The van der Waals surface area contributed by atoms with Crippen molar-refractivity contribution in [1.29, 1.82) is 0 Å². The molecule has 2 aliphatic heterocycles. The molecule has 62 valence electrons. The molecule has 0 aromatic carbocycles. The fraction of sp³-hybridized carbons (Fsp3) is 1.00. The van der Waals surface area contributed by atoms with Crippen LogP contribution in [0.1, 0.15) is 32.1 Å². The molecule has 3 aliphatic rings. The van der Waals surface area contributed by atoms with Crippen molar-refractivity contribution in [3.63, 3.8) is 0 Å². The van der Waals surface area contributed by atoms with Crippen LogP contribution in [-0.4, -0.2) is 23.0 Å². The van der Waals surface area contributed by atoms with Gasteiger partial charge in [-0.25, -0.2) is 0 Å². The van der Waals surface area contributed by atoms with Crippen LogP contribution >= 0.6 is 11.6 Å². The van der Waals surface area contributed by atoms with Gasteiger partial charge in [-0.05, 0) is 44.1 Å². The lowest BCUT2D eigenvalue weighted by Crippen LogP contribution is -2.31. The van der Waals surface area contributed by atoms with Gasteiger partial charge in [0.15, 0.2) is 0 Å². The molecule has 2 heterocycles. The second kappa shape index (κ2) is 1.77. The highest BCUT2D eigenvalue weighted by Crippen LogP contribution is 2.61. The van der Waals surface area contributed by atoms with E-state index < -0.39 is 0 Å².